The Kier molecular flexibility index (Phi) is 5.53. The molecule has 0 aliphatic carbocycles. The summed E-state index contributed by atoms with van der Waals surface area (Å²) < 4.78 is 5.30. The molecule has 28 heavy (non-hydrogen) atoms. The number of anilines is 1. The Morgan fingerprint density at radius 1 is 1.07 bits per heavy atom. The molecule has 3 aromatic heterocycles. The molecule has 0 fully saturated rings. The van der Waals surface area contributed by atoms with Crippen LogP contribution in [0, 0.1) is 0 Å². The van der Waals surface area contributed by atoms with Crippen molar-refractivity contribution >= 4 is 23.1 Å². The first-order chi connectivity index (χ1) is 13.8. The van der Waals surface area contributed by atoms with Gasteiger partial charge in [0.25, 0.3) is 0 Å². The number of benzene rings is 1. The summed E-state index contributed by atoms with van der Waals surface area (Å²) >= 11 is 1.57. The Bertz CT molecular complexity index is 1020. The summed E-state index contributed by atoms with van der Waals surface area (Å²) in [7, 11) is 0. The third-order valence-corrected chi connectivity index (χ3v) is 4.89. The lowest BCUT2D eigenvalue weighted by Gasteiger charge is -2.21. The van der Waals surface area contributed by atoms with Gasteiger partial charge < -0.3 is 4.52 Å². The molecule has 140 valence electrons. The maximum atomic E-state index is 13.0. The van der Waals surface area contributed by atoms with Crippen molar-refractivity contribution in [2.75, 3.05) is 4.90 Å². The first kappa shape index (κ1) is 18.1. The van der Waals surface area contributed by atoms with Crippen molar-refractivity contribution in [1.29, 1.82) is 0 Å². The number of nitrogens with zero attached hydrogens (tertiary/aromatic N) is 4. The van der Waals surface area contributed by atoms with Crippen molar-refractivity contribution in [3.63, 3.8) is 0 Å². The highest BCUT2D eigenvalue weighted by atomic mass is 32.1. The number of aryl methyl sites for hydroxylation is 1. The van der Waals surface area contributed by atoms with Gasteiger partial charge in [-0.1, -0.05) is 41.6 Å². The van der Waals surface area contributed by atoms with Crippen LogP contribution in [0.25, 0.3) is 11.4 Å². The molecule has 0 spiro atoms. The average molecular weight is 390 g/mol. The second-order valence-corrected chi connectivity index (χ2v) is 6.96. The Hall–Kier alpha value is -3.32. The number of carbonyl (C=O) groups excluding carboxylic acids is 1. The van der Waals surface area contributed by atoms with Crippen LogP contribution in [0.4, 0.5) is 5.82 Å². The molecule has 4 aromatic rings. The highest BCUT2D eigenvalue weighted by molar-refractivity contribution is 7.08. The average Bonchev–Trinajstić information content (AvgIpc) is 3.43. The third kappa shape index (κ3) is 4.32. The van der Waals surface area contributed by atoms with E-state index in [1.165, 1.54) is 0 Å². The van der Waals surface area contributed by atoms with Gasteiger partial charge in [-0.2, -0.15) is 16.3 Å². The number of rotatable bonds is 7. The number of hydrogen-bond acceptors (Lipinski definition) is 6. The number of carbonyl (C=O) groups is 1. The predicted octanol–water partition coefficient (Wildman–Crippen LogP) is 4.36. The van der Waals surface area contributed by atoms with Crippen LogP contribution in [0.5, 0.6) is 0 Å². The molecule has 0 N–H and O–H groups in total. The molecular weight excluding hydrogens is 372 g/mol. The lowest BCUT2D eigenvalue weighted by atomic mass is 10.2. The highest BCUT2D eigenvalue weighted by Crippen LogP contribution is 2.20. The summed E-state index contributed by atoms with van der Waals surface area (Å²) in [5, 5.41) is 7.91. The predicted molar refractivity (Wildman–Crippen MR) is 108 cm³/mol. The topological polar surface area (TPSA) is 72.1 Å². The molecule has 0 unspecified atom stereocenters. The SMILES string of the molecule is O=C(CCc1nc(-c2ccsc2)no1)N(Cc1ccccc1)c1ccccn1. The number of amides is 1. The minimum absolute atomic E-state index is 0.0437. The minimum Gasteiger partial charge on any atom is -0.339 e. The molecule has 1 amide bonds. The van der Waals surface area contributed by atoms with Gasteiger partial charge in [-0.3, -0.25) is 9.69 Å². The zero-order valence-corrected chi connectivity index (χ0v) is 15.9. The van der Waals surface area contributed by atoms with E-state index >= 15 is 0 Å². The van der Waals surface area contributed by atoms with Gasteiger partial charge in [0.05, 0.1) is 6.54 Å². The second kappa shape index (κ2) is 8.58. The zero-order valence-electron chi connectivity index (χ0n) is 15.1. The molecular formula is C21H18N4O2S. The Balaban J connectivity index is 1.46. The van der Waals surface area contributed by atoms with Gasteiger partial charge in [0.15, 0.2) is 0 Å². The first-order valence-electron chi connectivity index (χ1n) is 8.90. The van der Waals surface area contributed by atoms with Crippen LogP contribution < -0.4 is 4.90 Å². The molecule has 0 bridgehead atoms. The van der Waals surface area contributed by atoms with E-state index in [1.54, 1.807) is 22.4 Å². The Labute approximate surface area is 166 Å². The Morgan fingerprint density at radius 2 is 1.93 bits per heavy atom. The van der Waals surface area contributed by atoms with E-state index in [-0.39, 0.29) is 12.3 Å². The summed E-state index contributed by atoms with van der Waals surface area (Å²) in [5.74, 6) is 1.59. The van der Waals surface area contributed by atoms with E-state index in [9.17, 15) is 4.79 Å². The van der Waals surface area contributed by atoms with E-state index < -0.39 is 0 Å². The summed E-state index contributed by atoms with van der Waals surface area (Å²) in [6.07, 6.45) is 2.33. The quantitative estimate of drug-likeness (QED) is 0.469. The fraction of sp³-hybridized carbons (Fsp3) is 0.143. The van der Waals surface area contributed by atoms with Crippen molar-refractivity contribution in [3.05, 3.63) is 83.0 Å². The van der Waals surface area contributed by atoms with Gasteiger partial charge in [0.1, 0.15) is 5.82 Å². The van der Waals surface area contributed by atoms with Gasteiger partial charge >= 0.3 is 0 Å². The van der Waals surface area contributed by atoms with E-state index in [1.807, 2.05) is 65.4 Å². The van der Waals surface area contributed by atoms with Gasteiger partial charge in [-0.05, 0) is 29.1 Å². The first-order valence-corrected chi connectivity index (χ1v) is 9.84. The van der Waals surface area contributed by atoms with Crippen LogP contribution in [0.1, 0.15) is 17.9 Å². The van der Waals surface area contributed by atoms with Crippen LogP contribution >= 0.6 is 11.3 Å². The number of thiophene rings is 1. The molecule has 1 aromatic carbocycles. The molecule has 3 heterocycles. The zero-order chi connectivity index (χ0) is 19.2. The van der Waals surface area contributed by atoms with Crippen molar-refractivity contribution in [2.45, 2.75) is 19.4 Å². The van der Waals surface area contributed by atoms with Crippen LogP contribution in [0.3, 0.4) is 0 Å². The van der Waals surface area contributed by atoms with Gasteiger partial charge in [0.2, 0.25) is 17.6 Å². The largest absolute Gasteiger partial charge is 0.339 e. The molecule has 0 aliphatic heterocycles. The third-order valence-electron chi connectivity index (χ3n) is 4.21. The van der Waals surface area contributed by atoms with Crippen molar-refractivity contribution in [1.82, 2.24) is 15.1 Å². The van der Waals surface area contributed by atoms with Crippen LogP contribution in [0.15, 0.2) is 76.1 Å². The lowest BCUT2D eigenvalue weighted by molar-refractivity contribution is -0.118. The fourth-order valence-corrected chi connectivity index (χ4v) is 3.42. The minimum atomic E-state index is -0.0437. The van der Waals surface area contributed by atoms with Gasteiger partial charge in [-0.25, -0.2) is 4.98 Å². The van der Waals surface area contributed by atoms with Crippen molar-refractivity contribution in [3.8, 4) is 11.4 Å². The number of aromatic nitrogens is 3. The summed E-state index contributed by atoms with van der Waals surface area (Å²) in [6.45, 7) is 0.459. The molecule has 0 radical (unpaired) electrons. The van der Waals surface area contributed by atoms with E-state index in [4.69, 9.17) is 4.52 Å². The molecule has 6 nitrogen and oxygen atoms in total. The van der Waals surface area contributed by atoms with Crippen LogP contribution in [0.2, 0.25) is 0 Å². The fourth-order valence-electron chi connectivity index (χ4n) is 2.79. The molecule has 7 heteroatoms. The van der Waals surface area contributed by atoms with Crippen LogP contribution in [-0.2, 0) is 17.8 Å². The molecule has 0 aliphatic rings. The normalized spacial score (nSPS) is 10.7. The van der Waals surface area contributed by atoms with Crippen molar-refractivity contribution < 1.29 is 9.32 Å². The molecule has 4 rings (SSSR count). The van der Waals surface area contributed by atoms with Crippen molar-refractivity contribution in [2.24, 2.45) is 0 Å². The maximum absolute atomic E-state index is 13.0. The standard InChI is InChI=1S/C21H18N4O2S/c26-20(10-9-19-23-21(24-27-19)17-11-13-28-15-17)25(18-8-4-5-12-22-18)14-16-6-2-1-3-7-16/h1-8,11-13,15H,9-10,14H2. The molecule has 0 saturated heterocycles. The van der Waals surface area contributed by atoms with E-state index in [0.717, 1.165) is 11.1 Å². The van der Waals surface area contributed by atoms with E-state index in [2.05, 4.69) is 15.1 Å². The lowest BCUT2D eigenvalue weighted by Crippen LogP contribution is -2.31. The summed E-state index contributed by atoms with van der Waals surface area (Å²) in [4.78, 5) is 23.4. The molecule has 0 atom stereocenters. The molecule has 0 saturated carbocycles. The van der Waals surface area contributed by atoms with E-state index in [0.29, 0.717) is 30.5 Å². The monoisotopic (exact) mass is 390 g/mol. The van der Waals surface area contributed by atoms with Gasteiger partial charge in [-0.15, -0.1) is 0 Å². The maximum Gasteiger partial charge on any atom is 0.228 e. The summed E-state index contributed by atoms with van der Waals surface area (Å²) in [6, 6.07) is 17.3. The number of pyridine rings is 1. The highest BCUT2D eigenvalue weighted by Gasteiger charge is 2.19. The second-order valence-electron chi connectivity index (χ2n) is 6.18. The summed E-state index contributed by atoms with van der Waals surface area (Å²) in [5.41, 5.74) is 1.96. The number of hydrogen-bond donors (Lipinski definition) is 0. The smallest absolute Gasteiger partial charge is 0.228 e. The van der Waals surface area contributed by atoms with Crippen LogP contribution in [-0.4, -0.2) is 21.0 Å². The Morgan fingerprint density at radius 3 is 2.68 bits per heavy atom. The van der Waals surface area contributed by atoms with Gasteiger partial charge in [0, 0.05) is 30.0 Å².